The van der Waals surface area contributed by atoms with E-state index in [1.165, 1.54) is 18.5 Å². The highest BCUT2D eigenvalue weighted by Crippen LogP contribution is 2.23. The summed E-state index contributed by atoms with van der Waals surface area (Å²) < 4.78 is 0. The minimum Gasteiger partial charge on any atom is -0.384 e. The molecule has 1 unspecified atom stereocenters. The maximum Gasteiger partial charge on any atom is 0.188 e. The minimum absolute atomic E-state index is 0.460. The van der Waals surface area contributed by atoms with Crippen LogP contribution in [0.15, 0.2) is 41.5 Å². The molecule has 0 amide bonds. The van der Waals surface area contributed by atoms with Gasteiger partial charge in [-0.1, -0.05) is 12.1 Å². The summed E-state index contributed by atoms with van der Waals surface area (Å²) in [6.07, 6.45) is 6.63. The Hall–Kier alpha value is -2.01. The first-order valence-electron chi connectivity index (χ1n) is 7.07. The molecule has 2 aliphatic heterocycles. The van der Waals surface area contributed by atoms with Gasteiger partial charge < -0.3 is 16.0 Å². The van der Waals surface area contributed by atoms with E-state index in [1.807, 2.05) is 0 Å². The van der Waals surface area contributed by atoms with Crippen molar-refractivity contribution in [3.05, 3.63) is 42.1 Å². The van der Waals surface area contributed by atoms with Gasteiger partial charge in [0.2, 0.25) is 0 Å². The number of nitrogens with zero attached hydrogens (tertiary/aromatic N) is 2. The van der Waals surface area contributed by atoms with E-state index in [2.05, 4.69) is 39.5 Å². The van der Waals surface area contributed by atoms with E-state index in [1.54, 1.807) is 12.3 Å². The molecule has 1 saturated heterocycles. The van der Waals surface area contributed by atoms with Crippen molar-refractivity contribution in [2.24, 2.45) is 16.5 Å². The summed E-state index contributed by atoms with van der Waals surface area (Å²) in [7, 11) is 0. The molecule has 0 aromatic heterocycles. The Balaban J connectivity index is 1.77. The number of nitrogens with one attached hydrogen (secondary N) is 1. The minimum atomic E-state index is -0.845. The first kappa shape index (κ1) is 13.0. The quantitative estimate of drug-likeness (QED) is 0.763. The third-order valence-corrected chi connectivity index (χ3v) is 3.77. The maximum atomic E-state index is 6.24. The predicted molar refractivity (Wildman–Crippen MR) is 82.4 cm³/mol. The van der Waals surface area contributed by atoms with Crippen molar-refractivity contribution in [3.8, 4) is 0 Å². The smallest absolute Gasteiger partial charge is 0.188 e. The van der Waals surface area contributed by atoms with Crippen LogP contribution in [0.1, 0.15) is 18.4 Å². The van der Waals surface area contributed by atoms with Crippen molar-refractivity contribution in [1.82, 2.24) is 5.32 Å². The summed E-state index contributed by atoms with van der Waals surface area (Å²) in [6.45, 7) is 2.28. The second-order valence-electron chi connectivity index (χ2n) is 5.48. The van der Waals surface area contributed by atoms with E-state index < -0.39 is 5.79 Å². The normalized spacial score (nSPS) is 25.4. The summed E-state index contributed by atoms with van der Waals surface area (Å²) in [5.41, 5.74) is 14.4. The third kappa shape index (κ3) is 2.77. The SMILES string of the molecule is NC1=NC(N)(Cc2cccc(N3CCCC3)c2)NC=C1. The van der Waals surface area contributed by atoms with Gasteiger partial charge in [-0.3, -0.25) is 5.73 Å². The first-order valence-corrected chi connectivity index (χ1v) is 7.07. The number of benzene rings is 1. The molecule has 106 valence electrons. The highest BCUT2D eigenvalue weighted by molar-refractivity contribution is 5.92. The van der Waals surface area contributed by atoms with E-state index in [0.29, 0.717) is 12.3 Å². The van der Waals surface area contributed by atoms with E-state index in [4.69, 9.17) is 11.5 Å². The predicted octanol–water partition coefficient (Wildman–Crippen LogP) is 0.916. The molecule has 0 spiro atoms. The van der Waals surface area contributed by atoms with Gasteiger partial charge in [-0.05, 0) is 36.6 Å². The Morgan fingerprint density at radius 3 is 2.85 bits per heavy atom. The average Bonchev–Trinajstić information content (AvgIpc) is 2.92. The molecule has 0 aliphatic carbocycles. The number of rotatable bonds is 3. The van der Waals surface area contributed by atoms with Crippen molar-refractivity contribution in [2.75, 3.05) is 18.0 Å². The molecule has 1 aromatic carbocycles. The third-order valence-electron chi connectivity index (χ3n) is 3.77. The first-order chi connectivity index (χ1) is 9.65. The number of amidine groups is 1. The topological polar surface area (TPSA) is 79.7 Å². The molecular weight excluding hydrogens is 250 g/mol. The Labute approximate surface area is 119 Å². The molecule has 2 heterocycles. The van der Waals surface area contributed by atoms with E-state index in [9.17, 15) is 0 Å². The Morgan fingerprint density at radius 1 is 1.30 bits per heavy atom. The lowest BCUT2D eigenvalue weighted by Crippen LogP contribution is -2.54. The van der Waals surface area contributed by atoms with Crippen LogP contribution in [0.25, 0.3) is 0 Å². The van der Waals surface area contributed by atoms with Gasteiger partial charge in [-0.2, -0.15) is 0 Å². The van der Waals surface area contributed by atoms with Gasteiger partial charge in [-0.25, -0.2) is 4.99 Å². The fourth-order valence-electron chi connectivity index (χ4n) is 2.81. The molecule has 20 heavy (non-hydrogen) atoms. The van der Waals surface area contributed by atoms with Crippen molar-refractivity contribution in [2.45, 2.75) is 25.0 Å². The van der Waals surface area contributed by atoms with Crippen molar-refractivity contribution < 1.29 is 0 Å². The summed E-state index contributed by atoms with van der Waals surface area (Å²) in [5, 5.41) is 3.08. The van der Waals surface area contributed by atoms with E-state index in [0.717, 1.165) is 18.7 Å². The van der Waals surface area contributed by atoms with Crippen LogP contribution in [-0.2, 0) is 6.42 Å². The van der Waals surface area contributed by atoms with E-state index >= 15 is 0 Å². The zero-order valence-corrected chi connectivity index (χ0v) is 11.5. The Kier molecular flexibility index (Phi) is 3.36. The number of hydrogen-bond acceptors (Lipinski definition) is 5. The fraction of sp³-hybridized carbons (Fsp3) is 0.400. The Bertz CT molecular complexity index is 545. The largest absolute Gasteiger partial charge is 0.384 e. The monoisotopic (exact) mass is 271 g/mol. The molecule has 5 nitrogen and oxygen atoms in total. The summed E-state index contributed by atoms with van der Waals surface area (Å²) in [6, 6.07) is 8.52. The van der Waals surface area contributed by atoms with Gasteiger partial charge in [0.1, 0.15) is 5.84 Å². The summed E-state index contributed by atoms with van der Waals surface area (Å²) in [4.78, 5) is 6.71. The molecule has 1 aromatic rings. The average molecular weight is 271 g/mol. The zero-order valence-electron chi connectivity index (χ0n) is 11.5. The lowest BCUT2D eigenvalue weighted by Gasteiger charge is -2.29. The van der Waals surface area contributed by atoms with Gasteiger partial charge in [0.25, 0.3) is 0 Å². The molecule has 0 radical (unpaired) electrons. The molecule has 0 saturated carbocycles. The number of hydrogen-bond donors (Lipinski definition) is 3. The second kappa shape index (κ2) is 5.17. The zero-order chi connectivity index (χ0) is 14.0. The van der Waals surface area contributed by atoms with Crippen LogP contribution in [0, 0.1) is 0 Å². The van der Waals surface area contributed by atoms with Crippen LogP contribution in [0.2, 0.25) is 0 Å². The summed E-state index contributed by atoms with van der Waals surface area (Å²) in [5.74, 6) is -0.385. The number of aliphatic imine (C=N–C) groups is 1. The van der Waals surface area contributed by atoms with Crippen LogP contribution >= 0.6 is 0 Å². The molecular formula is C15H21N5. The highest BCUT2D eigenvalue weighted by atomic mass is 15.3. The van der Waals surface area contributed by atoms with Gasteiger partial charge in [0, 0.05) is 31.4 Å². The number of anilines is 1. The Morgan fingerprint density at radius 2 is 2.10 bits per heavy atom. The molecule has 1 atom stereocenters. The molecule has 5 N–H and O–H groups in total. The van der Waals surface area contributed by atoms with E-state index in [-0.39, 0.29) is 0 Å². The highest BCUT2D eigenvalue weighted by Gasteiger charge is 2.25. The number of nitrogens with two attached hydrogens (primary N) is 2. The molecule has 5 heteroatoms. The van der Waals surface area contributed by atoms with Crippen molar-refractivity contribution in [3.63, 3.8) is 0 Å². The van der Waals surface area contributed by atoms with Crippen LogP contribution < -0.4 is 21.7 Å². The van der Waals surface area contributed by atoms with Gasteiger partial charge in [0.05, 0.1) is 0 Å². The standard InChI is InChI=1S/C15H21N5/c16-14-6-7-18-15(17,19-14)11-12-4-3-5-13(10-12)20-8-1-2-9-20/h3-7,10,18H,1-2,8-9,11,17H2,(H2,16,19). The maximum absolute atomic E-state index is 6.24. The summed E-state index contributed by atoms with van der Waals surface area (Å²) >= 11 is 0. The van der Waals surface area contributed by atoms with Crippen LogP contribution in [0.5, 0.6) is 0 Å². The van der Waals surface area contributed by atoms with Crippen molar-refractivity contribution >= 4 is 11.5 Å². The molecule has 1 fully saturated rings. The van der Waals surface area contributed by atoms with Crippen LogP contribution in [0.4, 0.5) is 5.69 Å². The van der Waals surface area contributed by atoms with Gasteiger partial charge >= 0.3 is 0 Å². The lowest BCUT2D eigenvalue weighted by molar-refractivity contribution is 0.390. The van der Waals surface area contributed by atoms with Gasteiger partial charge in [0.15, 0.2) is 5.79 Å². The van der Waals surface area contributed by atoms with Crippen molar-refractivity contribution in [1.29, 1.82) is 0 Å². The van der Waals surface area contributed by atoms with Crippen LogP contribution in [0.3, 0.4) is 0 Å². The molecule has 2 aliphatic rings. The molecule has 0 bridgehead atoms. The second-order valence-corrected chi connectivity index (χ2v) is 5.48. The van der Waals surface area contributed by atoms with Crippen LogP contribution in [-0.4, -0.2) is 24.7 Å². The lowest BCUT2D eigenvalue weighted by atomic mass is 10.1. The fourth-order valence-corrected chi connectivity index (χ4v) is 2.81. The molecule has 3 rings (SSSR count). The van der Waals surface area contributed by atoms with Gasteiger partial charge in [-0.15, -0.1) is 0 Å².